The summed E-state index contributed by atoms with van der Waals surface area (Å²) in [5.74, 6) is 0.894. The molecule has 1 unspecified atom stereocenters. The standard InChI is InChI=1S/C12H17N3/c1-4-10(3)15(5-2)12-8-6-7-11(9-13)14-12/h6-8,10H,4-5H2,1-3H3. The third-order valence-electron chi connectivity index (χ3n) is 2.61. The maximum atomic E-state index is 8.78. The van der Waals surface area contributed by atoms with Crippen molar-refractivity contribution in [1.29, 1.82) is 5.26 Å². The Morgan fingerprint density at radius 2 is 2.20 bits per heavy atom. The summed E-state index contributed by atoms with van der Waals surface area (Å²) in [6, 6.07) is 8.09. The molecule has 1 heterocycles. The minimum atomic E-state index is 0.455. The second-order valence-electron chi connectivity index (χ2n) is 3.54. The van der Waals surface area contributed by atoms with Gasteiger partial charge in [0.25, 0.3) is 0 Å². The van der Waals surface area contributed by atoms with E-state index in [2.05, 4.69) is 36.7 Å². The zero-order chi connectivity index (χ0) is 11.3. The van der Waals surface area contributed by atoms with E-state index in [1.165, 1.54) is 0 Å². The SMILES string of the molecule is CCC(C)N(CC)c1cccc(C#N)n1. The van der Waals surface area contributed by atoms with E-state index in [4.69, 9.17) is 5.26 Å². The molecule has 3 heteroatoms. The Morgan fingerprint density at radius 3 is 2.73 bits per heavy atom. The molecule has 0 saturated carbocycles. The summed E-state index contributed by atoms with van der Waals surface area (Å²) in [6.07, 6.45) is 1.08. The molecule has 0 aliphatic heterocycles. The van der Waals surface area contributed by atoms with Gasteiger partial charge in [0.05, 0.1) is 0 Å². The Labute approximate surface area is 91.4 Å². The molecule has 0 aliphatic carbocycles. The summed E-state index contributed by atoms with van der Waals surface area (Å²) in [5.41, 5.74) is 0.481. The van der Waals surface area contributed by atoms with Crippen molar-refractivity contribution in [1.82, 2.24) is 4.98 Å². The number of aromatic nitrogens is 1. The van der Waals surface area contributed by atoms with Gasteiger partial charge in [-0.2, -0.15) is 5.26 Å². The predicted octanol–water partition coefficient (Wildman–Crippen LogP) is 2.58. The molecule has 0 aromatic carbocycles. The fourth-order valence-electron chi connectivity index (χ4n) is 1.57. The van der Waals surface area contributed by atoms with Gasteiger partial charge >= 0.3 is 0 Å². The van der Waals surface area contributed by atoms with Crippen molar-refractivity contribution < 1.29 is 0 Å². The number of hydrogen-bond acceptors (Lipinski definition) is 3. The van der Waals surface area contributed by atoms with Crippen LogP contribution in [0.3, 0.4) is 0 Å². The quantitative estimate of drug-likeness (QED) is 0.755. The topological polar surface area (TPSA) is 39.9 Å². The Balaban J connectivity index is 2.97. The van der Waals surface area contributed by atoms with E-state index in [-0.39, 0.29) is 0 Å². The molecule has 0 saturated heterocycles. The molecule has 0 radical (unpaired) electrons. The summed E-state index contributed by atoms with van der Waals surface area (Å²) in [6.45, 7) is 7.34. The van der Waals surface area contributed by atoms with Crippen LogP contribution in [0, 0.1) is 11.3 Å². The van der Waals surface area contributed by atoms with Crippen molar-refractivity contribution >= 4 is 5.82 Å². The molecule has 0 spiro atoms. The lowest BCUT2D eigenvalue weighted by molar-refractivity contribution is 0.623. The minimum Gasteiger partial charge on any atom is -0.354 e. The molecule has 0 aliphatic rings. The predicted molar refractivity (Wildman–Crippen MR) is 61.7 cm³/mol. The first-order chi connectivity index (χ1) is 7.22. The van der Waals surface area contributed by atoms with Crippen LogP contribution in [0.2, 0.25) is 0 Å². The highest BCUT2D eigenvalue weighted by Gasteiger charge is 2.12. The second-order valence-corrected chi connectivity index (χ2v) is 3.54. The summed E-state index contributed by atoms with van der Waals surface area (Å²) in [5, 5.41) is 8.78. The van der Waals surface area contributed by atoms with Crippen molar-refractivity contribution in [3.63, 3.8) is 0 Å². The monoisotopic (exact) mass is 203 g/mol. The third kappa shape index (κ3) is 2.69. The van der Waals surface area contributed by atoms with Crippen molar-refractivity contribution in [2.75, 3.05) is 11.4 Å². The van der Waals surface area contributed by atoms with Gasteiger partial charge in [0.15, 0.2) is 0 Å². The van der Waals surface area contributed by atoms with Crippen molar-refractivity contribution in [2.45, 2.75) is 33.2 Å². The van der Waals surface area contributed by atoms with E-state index in [1.54, 1.807) is 6.07 Å². The number of pyridine rings is 1. The van der Waals surface area contributed by atoms with Gasteiger partial charge in [-0.25, -0.2) is 4.98 Å². The van der Waals surface area contributed by atoms with E-state index >= 15 is 0 Å². The highest BCUT2D eigenvalue weighted by atomic mass is 15.2. The van der Waals surface area contributed by atoms with Gasteiger partial charge in [-0.1, -0.05) is 13.0 Å². The summed E-state index contributed by atoms with van der Waals surface area (Å²) in [7, 11) is 0. The number of rotatable bonds is 4. The fourth-order valence-corrected chi connectivity index (χ4v) is 1.57. The van der Waals surface area contributed by atoms with E-state index in [0.29, 0.717) is 11.7 Å². The van der Waals surface area contributed by atoms with Crippen LogP contribution in [0.25, 0.3) is 0 Å². The average Bonchev–Trinajstić information content (AvgIpc) is 2.30. The molecule has 0 bridgehead atoms. The van der Waals surface area contributed by atoms with Gasteiger partial charge in [0.1, 0.15) is 17.6 Å². The van der Waals surface area contributed by atoms with Crippen LogP contribution in [-0.2, 0) is 0 Å². The number of anilines is 1. The van der Waals surface area contributed by atoms with Crippen LogP contribution in [0.1, 0.15) is 32.9 Å². The molecule has 1 atom stereocenters. The van der Waals surface area contributed by atoms with Gasteiger partial charge in [0, 0.05) is 12.6 Å². The molecule has 3 nitrogen and oxygen atoms in total. The molecular weight excluding hydrogens is 186 g/mol. The molecule has 0 N–H and O–H groups in total. The summed E-state index contributed by atoms with van der Waals surface area (Å²) < 4.78 is 0. The molecule has 0 fully saturated rings. The van der Waals surface area contributed by atoms with E-state index in [1.807, 2.05) is 12.1 Å². The first kappa shape index (κ1) is 11.5. The van der Waals surface area contributed by atoms with Crippen LogP contribution < -0.4 is 4.90 Å². The van der Waals surface area contributed by atoms with E-state index in [9.17, 15) is 0 Å². The zero-order valence-corrected chi connectivity index (χ0v) is 9.57. The van der Waals surface area contributed by atoms with Gasteiger partial charge < -0.3 is 4.90 Å². The zero-order valence-electron chi connectivity index (χ0n) is 9.57. The lowest BCUT2D eigenvalue weighted by atomic mass is 10.2. The molecule has 1 aromatic heterocycles. The lowest BCUT2D eigenvalue weighted by Crippen LogP contribution is -2.33. The van der Waals surface area contributed by atoms with E-state index in [0.717, 1.165) is 18.8 Å². The number of nitriles is 1. The summed E-state index contributed by atoms with van der Waals surface area (Å²) >= 11 is 0. The van der Waals surface area contributed by atoms with Gasteiger partial charge in [-0.15, -0.1) is 0 Å². The van der Waals surface area contributed by atoms with Gasteiger partial charge in [0.2, 0.25) is 0 Å². The Hall–Kier alpha value is -1.56. The Bertz CT molecular complexity index is 354. The molecule has 15 heavy (non-hydrogen) atoms. The van der Waals surface area contributed by atoms with Crippen molar-refractivity contribution in [3.8, 4) is 6.07 Å². The largest absolute Gasteiger partial charge is 0.354 e. The molecule has 80 valence electrons. The Kier molecular flexibility index (Phi) is 4.11. The maximum absolute atomic E-state index is 8.78. The molecule has 1 aromatic rings. The second kappa shape index (κ2) is 5.35. The van der Waals surface area contributed by atoms with Crippen LogP contribution in [-0.4, -0.2) is 17.6 Å². The van der Waals surface area contributed by atoms with Crippen molar-refractivity contribution in [2.24, 2.45) is 0 Å². The maximum Gasteiger partial charge on any atom is 0.142 e. The average molecular weight is 203 g/mol. The molecular formula is C12H17N3. The van der Waals surface area contributed by atoms with Crippen LogP contribution in [0.15, 0.2) is 18.2 Å². The first-order valence-corrected chi connectivity index (χ1v) is 5.36. The van der Waals surface area contributed by atoms with Crippen molar-refractivity contribution in [3.05, 3.63) is 23.9 Å². The molecule has 1 rings (SSSR count). The number of nitrogens with zero attached hydrogens (tertiary/aromatic N) is 3. The summed E-state index contributed by atoms with van der Waals surface area (Å²) in [4.78, 5) is 6.51. The fraction of sp³-hybridized carbons (Fsp3) is 0.500. The van der Waals surface area contributed by atoms with Crippen LogP contribution >= 0.6 is 0 Å². The first-order valence-electron chi connectivity index (χ1n) is 5.36. The highest BCUT2D eigenvalue weighted by molar-refractivity contribution is 5.42. The van der Waals surface area contributed by atoms with E-state index < -0.39 is 0 Å². The third-order valence-corrected chi connectivity index (χ3v) is 2.61. The van der Waals surface area contributed by atoms with Gasteiger partial charge in [-0.3, -0.25) is 0 Å². The number of hydrogen-bond donors (Lipinski definition) is 0. The van der Waals surface area contributed by atoms with Crippen LogP contribution in [0.4, 0.5) is 5.82 Å². The van der Waals surface area contributed by atoms with Gasteiger partial charge in [-0.05, 0) is 32.4 Å². The molecule has 0 amide bonds. The highest BCUT2D eigenvalue weighted by Crippen LogP contribution is 2.15. The lowest BCUT2D eigenvalue weighted by Gasteiger charge is -2.28. The minimum absolute atomic E-state index is 0.455. The Morgan fingerprint density at radius 1 is 1.47 bits per heavy atom. The van der Waals surface area contributed by atoms with Crippen LogP contribution in [0.5, 0.6) is 0 Å². The normalized spacial score (nSPS) is 11.9. The smallest absolute Gasteiger partial charge is 0.142 e.